The van der Waals surface area contributed by atoms with Gasteiger partial charge in [-0.1, -0.05) is 23.4 Å². The van der Waals surface area contributed by atoms with Gasteiger partial charge in [0.15, 0.2) is 0 Å². The quantitative estimate of drug-likeness (QED) is 0.618. The third kappa shape index (κ3) is 3.08. The predicted molar refractivity (Wildman–Crippen MR) is 98.7 cm³/mol. The number of rotatable bonds is 5. The summed E-state index contributed by atoms with van der Waals surface area (Å²) < 4.78 is 30.8. The summed E-state index contributed by atoms with van der Waals surface area (Å²) in [5.41, 5.74) is 0.0652. The van der Waals surface area contributed by atoms with E-state index in [-0.39, 0.29) is 22.9 Å². The van der Waals surface area contributed by atoms with Crippen molar-refractivity contribution in [2.45, 2.75) is 11.4 Å². The van der Waals surface area contributed by atoms with Crippen LogP contribution in [0.15, 0.2) is 51.2 Å². The molecule has 0 atom stereocenters. The average Bonchev–Trinajstić information content (AvgIpc) is 3.39. The number of amides is 2. The van der Waals surface area contributed by atoms with E-state index in [2.05, 4.69) is 10.1 Å². The Kier molecular flexibility index (Phi) is 4.47. The third-order valence-corrected chi connectivity index (χ3v) is 6.85. The number of fused-ring (bicyclic) bond motifs is 1. The number of benzene rings is 1. The number of hydrogen-bond donors (Lipinski definition) is 0. The number of thiophene rings is 1. The average molecular weight is 418 g/mol. The van der Waals surface area contributed by atoms with Gasteiger partial charge in [-0.05, 0) is 23.6 Å². The summed E-state index contributed by atoms with van der Waals surface area (Å²) >= 11 is 1.45. The van der Waals surface area contributed by atoms with Crippen LogP contribution in [0.1, 0.15) is 16.2 Å². The summed E-state index contributed by atoms with van der Waals surface area (Å²) in [5, 5.41) is 5.74. The van der Waals surface area contributed by atoms with E-state index in [0.29, 0.717) is 10.1 Å². The molecule has 28 heavy (non-hydrogen) atoms. The lowest BCUT2D eigenvalue weighted by Crippen LogP contribution is -2.41. The molecular weight excluding hydrogens is 404 g/mol. The summed E-state index contributed by atoms with van der Waals surface area (Å²) in [6, 6.07) is 9.58. The van der Waals surface area contributed by atoms with Gasteiger partial charge < -0.3 is 9.42 Å². The zero-order valence-corrected chi connectivity index (χ0v) is 16.2. The lowest BCUT2D eigenvalue weighted by atomic mass is 10.2. The number of hydrogen-bond acceptors (Lipinski definition) is 8. The standard InChI is InChI=1S/C17H14N4O5S2/c1-20(9-14-18-16(19-26-14)12-6-4-8-27-12)15(22)10-21-17(23)11-5-2-3-7-13(11)28(21,24)25/h2-8H,9-10H2,1H3. The zero-order valence-electron chi connectivity index (χ0n) is 14.6. The molecule has 0 radical (unpaired) electrons. The Morgan fingerprint density at radius 3 is 2.75 bits per heavy atom. The highest BCUT2D eigenvalue weighted by atomic mass is 32.2. The minimum Gasteiger partial charge on any atom is -0.337 e. The normalized spacial score (nSPS) is 14.9. The number of carbonyl (C=O) groups excluding carboxylic acids is 2. The molecule has 11 heteroatoms. The molecule has 0 N–H and O–H groups in total. The summed E-state index contributed by atoms with van der Waals surface area (Å²) in [6.07, 6.45) is 0. The van der Waals surface area contributed by atoms with Gasteiger partial charge in [0.2, 0.25) is 17.6 Å². The van der Waals surface area contributed by atoms with E-state index in [1.165, 1.54) is 41.5 Å². The van der Waals surface area contributed by atoms with Crippen LogP contribution in [0.2, 0.25) is 0 Å². The highest BCUT2D eigenvalue weighted by Crippen LogP contribution is 2.29. The van der Waals surface area contributed by atoms with Gasteiger partial charge in [0.1, 0.15) is 11.4 Å². The van der Waals surface area contributed by atoms with Gasteiger partial charge in [-0.15, -0.1) is 11.3 Å². The Balaban J connectivity index is 1.46. The summed E-state index contributed by atoms with van der Waals surface area (Å²) in [5.74, 6) is -0.660. The maximum absolute atomic E-state index is 12.5. The zero-order chi connectivity index (χ0) is 19.9. The molecule has 0 bridgehead atoms. The van der Waals surface area contributed by atoms with Crippen molar-refractivity contribution in [3.8, 4) is 10.7 Å². The molecular formula is C17H14N4O5S2. The smallest absolute Gasteiger partial charge is 0.269 e. The van der Waals surface area contributed by atoms with Crippen molar-refractivity contribution in [3.63, 3.8) is 0 Å². The lowest BCUT2D eigenvalue weighted by Gasteiger charge is -2.19. The molecule has 3 aromatic rings. The van der Waals surface area contributed by atoms with E-state index in [1.54, 1.807) is 6.07 Å². The van der Waals surface area contributed by atoms with Crippen LogP contribution in [0.25, 0.3) is 10.7 Å². The number of aromatic nitrogens is 2. The monoisotopic (exact) mass is 418 g/mol. The third-order valence-electron chi connectivity index (χ3n) is 4.20. The molecule has 144 valence electrons. The van der Waals surface area contributed by atoms with Crippen molar-refractivity contribution in [1.82, 2.24) is 19.3 Å². The van der Waals surface area contributed by atoms with Crippen LogP contribution >= 0.6 is 11.3 Å². The van der Waals surface area contributed by atoms with E-state index in [4.69, 9.17) is 4.52 Å². The minimum absolute atomic E-state index is 0.00770. The van der Waals surface area contributed by atoms with Gasteiger partial charge in [0.25, 0.3) is 15.9 Å². The first-order valence-corrected chi connectivity index (χ1v) is 10.5. The number of nitrogens with zero attached hydrogens (tertiary/aromatic N) is 4. The SMILES string of the molecule is CN(Cc1nc(-c2cccs2)no1)C(=O)CN1C(=O)c2ccccc2S1(=O)=O. The summed E-state index contributed by atoms with van der Waals surface area (Å²) in [4.78, 5) is 31.1. The van der Waals surface area contributed by atoms with Gasteiger partial charge in [-0.25, -0.2) is 12.7 Å². The highest BCUT2D eigenvalue weighted by Gasteiger charge is 2.42. The Bertz CT molecular complexity index is 1150. The van der Waals surface area contributed by atoms with Crippen molar-refractivity contribution in [3.05, 3.63) is 53.2 Å². The van der Waals surface area contributed by atoms with Crippen LogP contribution in [0.5, 0.6) is 0 Å². The molecule has 4 rings (SSSR count). The molecule has 0 spiro atoms. The molecule has 3 heterocycles. The van der Waals surface area contributed by atoms with Gasteiger partial charge >= 0.3 is 0 Å². The Morgan fingerprint density at radius 1 is 1.25 bits per heavy atom. The molecule has 2 amide bonds. The first kappa shape index (κ1) is 18.3. The van der Waals surface area contributed by atoms with Gasteiger partial charge in [0, 0.05) is 7.05 Å². The van der Waals surface area contributed by atoms with Crippen LogP contribution in [-0.2, 0) is 21.4 Å². The number of carbonyl (C=O) groups is 2. The highest BCUT2D eigenvalue weighted by molar-refractivity contribution is 7.90. The fourth-order valence-electron chi connectivity index (χ4n) is 2.75. The first-order valence-electron chi connectivity index (χ1n) is 8.14. The van der Waals surface area contributed by atoms with Crippen molar-refractivity contribution < 1.29 is 22.5 Å². The fraction of sp³-hybridized carbons (Fsp3) is 0.176. The molecule has 9 nitrogen and oxygen atoms in total. The van der Waals surface area contributed by atoms with Gasteiger partial charge in [-0.3, -0.25) is 9.59 Å². The Labute approximate surface area is 164 Å². The Hall–Kier alpha value is -3.05. The summed E-state index contributed by atoms with van der Waals surface area (Å²) in [6.45, 7) is -0.607. The molecule has 0 saturated heterocycles. The second-order valence-corrected chi connectivity index (χ2v) is 8.83. The second-order valence-electron chi connectivity index (χ2n) is 6.05. The maximum Gasteiger partial charge on any atom is 0.269 e. The molecule has 0 aliphatic carbocycles. The first-order chi connectivity index (χ1) is 13.4. The largest absolute Gasteiger partial charge is 0.337 e. The topological polar surface area (TPSA) is 114 Å². The van der Waals surface area contributed by atoms with Crippen molar-refractivity contribution >= 4 is 33.2 Å². The molecule has 0 saturated carbocycles. The van der Waals surface area contributed by atoms with E-state index < -0.39 is 28.4 Å². The van der Waals surface area contributed by atoms with Crippen LogP contribution in [0.3, 0.4) is 0 Å². The molecule has 1 aliphatic rings. The van der Waals surface area contributed by atoms with Crippen molar-refractivity contribution in [1.29, 1.82) is 0 Å². The lowest BCUT2D eigenvalue weighted by molar-refractivity contribution is -0.130. The van der Waals surface area contributed by atoms with Crippen LogP contribution in [0, 0.1) is 0 Å². The number of sulfonamides is 1. The van der Waals surface area contributed by atoms with Gasteiger partial charge in [0.05, 0.1) is 17.0 Å². The molecule has 2 aromatic heterocycles. The minimum atomic E-state index is -4.04. The predicted octanol–water partition coefficient (Wildman–Crippen LogP) is 1.60. The van der Waals surface area contributed by atoms with E-state index in [0.717, 1.165) is 4.88 Å². The Morgan fingerprint density at radius 2 is 2.04 bits per heavy atom. The summed E-state index contributed by atoms with van der Waals surface area (Å²) in [7, 11) is -2.57. The fourth-order valence-corrected chi connectivity index (χ4v) is 4.91. The molecule has 1 aromatic carbocycles. The van der Waals surface area contributed by atoms with E-state index in [1.807, 2.05) is 17.5 Å². The van der Waals surface area contributed by atoms with Crippen LogP contribution < -0.4 is 0 Å². The molecule has 0 fully saturated rings. The maximum atomic E-state index is 12.5. The van der Waals surface area contributed by atoms with E-state index >= 15 is 0 Å². The number of likely N-dealkylation sites (N-methyl/N-ethyl adjacent to an activating group) is 1. The molecule has 0 unspecified atom stereocenters. The second kappa shape index (κ2) is 6.84. The molecule has 1 aliphatic heterocycles. The van der Waals surface area contributed by atoms with Gasteiger partial charge in [-0.2, -0.15) is 4.98 Å². The van der Waals surface area contributed by atoms with Crippen molar-refractivity contribution in [2.24, 2.45) is 0 Å². The van der Waals surface area contributed by atoms with E-state index in [9.17, 15) is 18.0 Å². The van der Waals surface area contributed by atoms with Crippen LogP contribution in [-0.4, -0.2) is 53.2 Å². The van der Waals surface area contributed by atoms with Crippen LogP contribution in [0.4, 0.5) is 0 Å². The van der Waals surface area contributed by atoms with Crippen molar-refractivity contribution in [2.75, 3.05) is 13.6 Å².